The van der Waals surface area contributed by atoms with Gasteiger partial charge in [0.25, 0.3) is 0 Å². The number of hydrogen-bond donors (Lipinski definition) is 2. The number of aromatic nitrogens is 2. The van der Waals surface area contributed by atoms with Gasteiger partial charge in [-0.25, -0.2) is 4.98 Å². The van der Waals surface area contributed by atoms with E-state index in [1.807, 2.05) is 30.6 Å². The predicted octanol–water partition coefficient (Wildman–Crippen LogP) is 2.03. The van der Waals surface area contributed by atoms with Crippen LogP contribution in [-0.4, -0.2) is 17.1 Å². The van der Waals surface area contributed by atoms with Gasteiger partial charge in [-0.2, -0.15) is 0 Å². The summed E-state index contributed by atoms with van der Waals surface area (Å²) < 4.78 is 4.98. The third-order valence-corrected chi connectivity index (χ3v) is 2.10. The van der Waals surface area contributed by atoms with Crippen LogP contribution in [0.1, 0.15) is 5.56 Å². The van der Waals surface area contributed by atoms with E-state index in [1.54, 1.807) is 13.3 Å². The van der Waals surface area contributed by atoms with E-state index in [0.717, 1.165) is 12.2 Å². The minimum Gasteiger partial charge on any atom is -0.481 e. The highest BCUT2D eigenvalue weighted by molar-refractivity contribution is 5.42. The molecule has 2 N–H and O–H groups in total. The van der Waals surface area contributed by atoms with Crippen LogP contribution in [0.2, 0.25) is 0 Å². The lowest BCUT2D eigenvalue weighted by Crippen LogP contribution is -1.98. The Morgan fingerprint density at radius 3 is 2.93 bits per heavy atom. The van der Waals surface area contributed by atoms with Crippen molar-refractivity contribution in [3.05, 3.63) is 42.4 Å². The van der Waals surface area contributed by atoms with Crippen LogP contribution in [0.3, 0.4) is 0 Å². The molecule has 0 bridgehead atoms. The fraction of sp³-hybridized carbons (Fsp3) is 0.182. The summed E-state index contributed by atoms with van der Waals surface area (Å²) in [6, 6.07) is 5.81. The number of H-pyrrole nitrogens is 1. The van der Waals surface area contributed by atoms with Crippen LogP contribution in [-0.2, 0) is 6.54 Å². The zero-order chi connectivity index (χ0) is 10.5. The first kappa shape index (κ1) is 9.58. The number of rotatable bonds is 4. The van der Waals surface area contributed by atoms with E-state index >= 15 is 0 Å². The maximum absolute atomic E-state index is 4.98. The molecule has 2 rings (SSSR count). The third-order valence-electron chi connectivity index (χ3n) is 2.10. The lowest BCUT2D eigenvalue weighted by atomic mass is 10.3. The summed E-state index contributed by atoms with van der Waals surface area (Å²) >= 11 is 0. The second-order valence-electron chi connectivity index (χ2n) is 3.16. The van der Waals surface area contributed by atoms with Gasteiger partial charge in [0.15, 0.2) is 0 Å². The fourth-order valence-corrected chi connectivity index (χ4v) is 1.28. The number of pyridine rings is 1. The van der Waals surface area contributed by atoms with Crippen molar-refractivity contribution in [1.29, 1.82) is 0 Å². The number of nitrogens with one attached hydrogen (secondary N) is 2. The molecule has 0 radical (unpaired) electrons. The molecular formula is C11H13N3O. The Labute approximate surface area is 88.3 Å². The van der Waals surface area contributed by atoms with Gasteiger partial charge >= 0.3 is 0 Å². The molecule has 0 spiro atoms. The maximum Gasteiger partial charge on any atom is 0.213 e. The molecule has 4 nitrogen and oxygen atoms in total. The lowest BCUT2D eigenvalue weighted by molar-refractivity contribution is 0.398. The summed E-state index contributed by atoms with van der Waals surface area (Å²) in [7, 11) is 1.61. The molecule has 2 aromatic rings. The van der Waals surface area contributed by atoms with Gasteiger partial charge in [-0.05, 0) is 17.7 Å². The average Bonchev–Trinajstić information content (AvgIpc) is 2.80. The summed E-state index contributed by atoms with van der Waals surface area (Å²) in [5.41, 5.74) is 2.20. The molecule has 0 aliphatic rings. The van der Waals surface area contributed by atoms with E-state index in [0.29, 0.717) is 5.88 Å². The molecule has 0 fully saturated rings. The van der Waals surface area contributed by atoms with Crippen molar-refractivity contribution >= 4 is 5.69 Å². The van der Waals surface area contributed by atoms with Crippen LogP contribution in [0.5, 0.6) is 5.88 Å². The van der Waals surface area contributed by atoms with Gasteiger partial charge in [-0.3, -0.25) is 0 Å². The summed E-state index contributed by atoms with van der Waals surface area (Å²) in [4.78, 5) is 7.11. The molecule has 0 amide bonds. The summed E-state index contributed by atoms with van der Waals surface area (Å²) in [6.45, 7) is 0.789. The Morgan fingerprint density at radius 2 is 2.33 bits per heavy atom. The third kappa shape index (κ3) is 2.49. The Hall–Kier alpha value is -1.97. The van der Waals surface area contributed by atoms with E-state index in [4.69, 9.17) is 4.74 Å². The predicted molar refractivity (Wildman–Crippen MR) is 58.9 cm³/mol. The lowest BCUT2D eigenvalue weighted by Gasteiger charge is -2.04. The van der Waals surface area contributed by atoms with Gasteiger partial charge in [-0.15, -0.1) is 0 Å². The van der Waals surface area contributed by atoms with E-state index in [9.17, 15) is 0 Å². The second-order valence-corrected chi connectivity index (χ2v) is 3.16. The fourth-order valence-electron chi connectivity index (χ4n) is 1.28. The van der Waals surface area contributed by atoms with Gasteiger partial charge in [0.2, 0.25) is 5.88 Å². The molecule has 0 aromatic carbocycles. The molecule has 0 atom stereocenters. The molecule has 15 heavy (non-hydrogen) atoms. The zero-order valence-electron chi connectivity index (χ0n) is 8.53. The van der Waals surface area contributed by atoms with Crippen molar-refractivity contribution in [2.75, 3.05) is 12.4 Å². The number of aromatic amines is 1. The van der Waals surface area contributed by atoms with Crippen LogP contribution >= 0.6 is 0 Å². The molecular weight excluding hydrogens is 190 g/mol. The number of anilines is 1. The van der Waals surface area contributed by atoms with Gasteiger partial charge in [0.05, 0.1) is 19.0 Å². The Bertz CT molecular complexity index is 394. The van der Waals surface area contributed by atoms with Crippen LogP contribution in [0.15, 0.2) is 36.8 Å². The van der Waals surface area contributed by atoms with Crippen molar-refractivity contribution < 1.29 is 4.74 Å². The number of hydrogen-bond acceptors (Lipinski definition) is 3. The highest BCUT2D eigenvalue weighted by Gasteiger charge is 1.95. The second kappa shape index (κ2) is 4.50. The van der Waals surface area contributed by atoms with Crippen LogP contribution in [0.25, 0.3) is 0 Å². The van der Waals surface area contributed by atoms with E-state index in [1.165, 1.54) is 5.56 Å². The maximum atomic E-state index is 4.98. The van der Waals surface area contributed by atoms with Crippen LogP contribution in [0, 0.1) is 0 Å². The Morgan fingerprint density at radius 1 is 1.40 bits per heavy atom. The van der Waals surface area contributed by atoms with Crippen molar-refractivity contribution in [2.24, 2.45) is 0 Å². The quantitative estimate of drug-likeness (QED) is 0.799. The first-order valence-electron chi connectivity index (χ1n) is 4.74. The van der Waals surface area contributed by atoms with Crippen LogP contribution < -0.4 is 10.1 Å². The van der Waals surface area contributed by atoms with E-state index in [-0.39, 0.29) is 0 Å². The topological polar surface area (TPSA) is 49.9 Å². The smallest absolute Gasteiger partial charge is 0.213 e. The summed E-state index contributed by atoms with van der Waals surface area (Å²) in [5, 5.41) is 3.26. The largest absolute Gasteiger partial charge is 0.481 e. The van der Waals surface area contributed by atoms with Gasteiger partial charge in [0.1, 0.15) is 0 Å². The van der Waals surface area contributed by atoms with Crippen molar-refractivity contribution in [3.63, 3.8) is 0 Å². The molecule has 0 aliphatic heterocycles. The standard InChI is InChI=1S/C11H13N3O/c1-15-11-3-2-10(8-14-11)13-7-9-4-5-12-6-9/h2-6,8,12-13H,7H2,1H3. The summed E-state index contributed by atoms with van der Waals surface area (Å²) in [5.74, 6) is 0.627. The number of methoxy groups -OCH3 is 1. The average molecular weight is 203 g/mol. The normalized spacial score (nSPS) is 9.93. The molecule has 78 valence electrons. The van der Waals surface area contributed by atoms with Crippen LogP contribution in [0.4, 0.5) is 5.69 Å². The SMILES string of the molecule is COc1ccc(NCc2cc[nH]c2)cn1. The highest BCUT2D eigenvalue weighted by atomic mass is 16.5. The van der Waals surface area contributed by atoms with Crippen molar-refractivity contribution in [3.8, 4) is 5.88 Å². The minimum absolute atomic E-state index is 0.627. The zero-order valence-corrected chi connectivity index (χ0v) is 8.53. The van der Waals surface area contributed by atoms with E-state index < -0.39 is 0 Å². The molecule has 0 unspecified atom stereocenters. The Kier molecular flexibility index (Phi) is 2.88. The van der Waals surface area contributed by atoms with Gasteiger partial charge < -0.3 is 15.0 Å². The molecule has 0 saturated carbocycles. The van der Waals surface area contributed by atoms with Crippen molar-refractivity contribution in [2.45, 2.75) is 6.54 Å². The monoisotopic (exact) mass is 203 g/mol. The molecule has 0 aliphatic carbocycles. The number of ether oxygens (including phenoxy) is 1. The van der Waals surface area contributed by atoms with E-state index in [2.05, 4.69) is 15.3 Å². The summed E-state index contributed by atoms with van der Waals surface area (Å²) in [6.07, 6.45) is 5.62. The number of nitrogens with zero attached hydrogens (tertiary/aromatic N) is 1. The van der Waals surface area contributed by atoms with Gasteiger partial charge in [0, 0.05) is 25.0 Å². The first-order chi connectivity index (χ1) is 7.38. The minimum atomic E-state index is 0.627. The molecule has 0 saturated heterocycles. The molecule has 4 heteroatoms. The highest BCUT2D eigenvalue weighted by Crippen LogP contribution is 2.11. The molecule has 2 heterocycles. The van der Waals surface area contributed by atoms with Crippen molar-refractivity contribution in [1.82, 2.24) is 9.97 Å². The molecule has 2 aromatic heterocycles. The van der Waals surface area contributed by atoms with Gasteiger partial charge in [-0.1, -0.05) is 0 Å². The Balaban J connectivity index is 1.93. The first-order valence-corrected chi connectivity index (χ1v) is 4.74.